The number of nitrogens with zero attached hydrogens (tertiary/aromatic N) is 4. The molecule has 1 aromatic carbocycles. The van der Waals surface area contributed by atoms with Crippen molar-refractivity contribution in [3.05, 3.63) is 52.7 Å². The van der Waals surface area contributed by atoms with Crippen LogP contribution in [0, 0.1) is 18.2 Å². The van der Waals surface area contributed by atoms with Crippen LogP contribution in [0.2, 0.25) is 0 Å². The molecule has 0 radical (unpaired) electrons. The van der Waals surface area contributed by atoms with Gasteiger partial charge in [0.1, 0.15) is 17.5 Å². The first-order valence-electron chi connectivity index (χ1n) is 10.3. The van der Waals surface area contributed by atoms with Crippen LogP contribution >= 0.6 is 0 Å². The van der Waals surface area contributed by atoms with E-state index in [2.05, 4.69) is 16.8 Å². The molecule has 3 rings (SSSR count). The number of hydrogen-bond acceptors (Lipinski definition) is 4. The van der Waals surface area contributed by atoms with Crippen LogP contribution in [0.5, 0.6) is 0 Å². The van der Waals surface area contributed by atoms with E-state index in [1.165, 1.54) is 6.07 Å². The van der Waals surface area contributed by atoms with E-state index in [-0.39, 0.29) is 17.1 Å². The first kappa shape index (κ1) is 21.2. The molecule has 0 unspecified atom stereocenters. The summed E-state index contributed by atoms with van der Waals surface area (Å²) >= 11 is 0. The summed E-state index contributed by atoms with van der Waals surface area (Å²) in [6.45, 7) is 12.7. The Morgan fingerprint density at radius 2 is 1.83 bits per heavy atom. The van der Waals surface area contributed by atoms with Crippen LogP contribution in [0.1, 0.15) is 50.3 Å². The van der Waals surface area contributed by atoms with Crippen molar-refractivity contribution in [1.82, 2.24) is 14.9 Å². The summed E-state index contributed by atoms with van der Waals surface area (Å²) < 4.78 is 13.7. The van der Waals surface area contributed by atoms with Crippen LogP contribution in [0.15, 0.2) is 24.3 Å². The number of anilines is 1. The number of carbonyl (C=O) groups excluding carboxylic acids is 1. The van der Waals surface area contributed by atoms with Gasteiger partial charge in [-0.15, -0.1) is 0 Å². The van der Waals surface area contributed by atoms with E-state index in [0.717, 1.165) is 48.0 Å². The Balaban J connectivity index is 1.87. The Morgan fingerprint density at radius 1 is 1.14 bits per heavy atom. The van der Waals surface area contributed by atoms with Gasteiger partial charge in [0.05, 0.1) is 0 Å². The number of halogens is 1. The lowest BCUT2D eigenvalue weighted by Crippen LogP contribution is -2.52. The number of aryl methyl sites for hydroxylation is 2. The van der Waals surface area contributed by atoms with Gasteiger partial charge in [0, 0.05) is 49.3 Å². The molecule has 1 saturated heterocycles. The Morgan fingerprint density at radius 3 is 2.41 bits per heavy atom. The Labute approximate surface area is 173 Å². The molecule has 2 heterocycles. The third kappa shape index (κ3) is 4.92. The number of amides is 1. The zero-order valence-corrected chi connectivity index (χ0v) is 18.1. The molecule has 0 aliphatic carbocycles. The molecule has 1 amide bonds. The van der Waals surface area contributed by atoms with Crippen molar-refractivity contribution in [2.24, 2.45) is 5.41 Å². The molecule has 1 aliphatic rings. The second kappa shape index (κ2) is 8.47. The summed E-state index contributed by atoms with van der Waals surface area (Å²) in [5.74, 6) is 1.61. The second-order valence-electron chi connectivity index (χ2n) is 8.71. The topological polar surface area (TPSA) is 49.3 Å². The predicted octanol–water partition coefficient (Wildman–Crippen LogP) is 3.77. The Bertz CT molecular complexity index is 883. The van der Waals surface area contributed by atoms with Crippen LogP contribution in [-0.2, 0) is 17.6 Å². The highest BCUT2D eigenvalue weighted by atomic mass is 19.1. The van der Waals surface area contributed by atoms with Crippen LogP contribution in [0.4, 0.5) is 10.2 Å². The molecule has 1 aromatic heterocycles. The first-order valence-corrected chi connectivity index (χ1v) is 10.3. The Kier molecular flexibility index (Phi) is 6.20. The van der Waals surface area contributed by atoms with E-state index in [1.54, 1.807) is 12.1 Å². The minimum atomic E-state index is -0.369. The minimum absolute atomic E-state index is 0.185. The monoisotopic (exact) mass is 398 g/mol. The summed E-state index contributed by atoms with van der Waals surface area (Å²) in [6.07, 6.45) is 1.39. The molecule has 0 N–H and O–H groups in total. The van der Waals surface area contributed by atoms with Crippen molar-refractivity contribution in [2.75, 3.05) is 31.1 Å². The third-order valence-electron chi connectivity index (χ3n) is 5.30. The highest BCUT2D eigenvalue weighted by Crippen LogP contribution is 2.27. The van der Waals surface area contributed by atoms with Gasteiger partial charge in [0.25, 0.3) is 0 Å². The fourth-order valence-electron chi connectivity index (χ4n) is 3.82. The van der Waals surface area contributed by atoms with E-state index in [0.29, 0.717) is 19.5 Å². The molecular weight excluding hydrogens is 367 g/mol. The van der Waals surface area contributed by atoms with Crippen molar-refractivity contribution < 1.29 is 9.18 Å². The van der Waals surface area contributed by atoms with Gasteiger partial charge in [-0.05, 0) is 31.0 Å². The van der Waals surface area contributed by atoms with Crippen LogP contribution in [-0.4, -0.2) is 47.0 Å². The molecule has 0 bridgehead atoms. The number of benzene rings is 1. The maximum Gasteiger partial charge on any atom is 0.228 e. The summed E-state index contributed by atoms with van der Waals surface area (Å²) in [6, 6.07) is 6.71. The maximum atomic E-state index is 13.7. The van der Waals surface area contributed by atoms with Crippen molar-refractivity contribution in [3.63, 3.8) is 0 Å². The number of rotatable bonds is 4. The molecule has 156 valence electrons. The first-order chi connectivity index (χ1) is 13.7. The molecule has 1 aliphatic heterocycles. The zero-order valence-electron chi connectivity index (χ0n) is 18.1. The molecule has 0 spiro atoms. The molecule has 2 aromatic rings. The number of piperazine rings is 1. The van der Waals surface area contributed by atoms with Crippen molar-refractivity contribution in [3.8, 4) is 0 Å². The van der Waals surface area contributed by atoms with Gasteiger partial charge in [-0.3, -0.25) is 4.79 Å². The average Bonchev–Trinajstić information content (AvgIpc) is 2.68. The molecule has 1 fully saturated rings. The fourth-order valence-corrected chi connectivity index (χ4v) is 3.82. The van der Waals surface area contributed by atoms with Crippen molar-refractivity contribution in [2.45, 2.75) is 47.5 Å². The van der Waals surface area contributed by atoms with Gasteiger partial charge in [-0.1, -0.05) is 39.8 Å². The Hall–Kier alpha value is -2.50. The minimum Gasteiger partial charge on any atom is -0.353 e. The maximum absolute atomic E-state index is 13.7. The summed E-state index contributed by atoms with van der Waals surface area (Å²) in [4.78, 5) is 26.2. The van der Waals surface area contributed by atoms with Crippen molar-refractivity contribution in [1.29, 1.82) is 0 Å². The van der Waals surface area contributed by atoms with Gasteiger partial charge in [0.2, 0.25) is 5.91 Å². The van der Waals surface area contributed by atoms with Crippen LogP contribution in [0.25, 0.3) is 0 Å². The SMILES string of the molecule is CCc1nc(C)nc(N2CCN(C(=O)C(C)(C)C)CC2)c1Cc1cccc(F)c1. The highest BCUT2D eigenvalue weighted by molar-refractivity contribution is 5.81. The standard InChI is InChI=1S/C23H31FN4O/c1-6-20-19(15-17-8-7-9-18(24)14-17)21(26-16(2)25-20)27-10-12-28(13-11-27)22(29)23(3,4)5/h7-9,14H,6,10-13,15H2,1-5H3. The van der Waals surface area contributed by atoms with E-state index >= 15 is 0 Å². The molecule has 0 atom stereocenters. The molecular formula is C23H31FN4O. The van der Waals surface area contributed by atoms with E-state index < -0.39 is 0 Å². The molecule has 0 saturated carbocycles. The third-order valence-corrected chi connectivity index (χ3v) is 5.30. The fraction of sp³-hybridized carbons (Fsp3) is 0.522. The van der Waals surface area contributed by atoms with Gasteiger partial charge in [-0.25, -0.2) is 14.4 Å². The molecule has 6 heteroatoms. The lowest BCUT2D eigenvalue weighted by atomic mass is 9.94. The van der Waals surface area contributed by atoms with E-state index in [1.807, 2.05) is 38.7 Å². The van der Waals surface area contributed by atoms with E-state index in [4.69, 9.17) is 4.98 Å². The average molecular weight is 399 g/mol. The largest absolute Gasteiger partial charge is 0.353 e. The molecule has 29 heavy (non-hydrogen) atoms. The van der Waals surface area contributed by atoms with Crippen molar-refractivity contribution >= 4 is 11.7 Å². The van der Waals surface area contributed by atoms with E-state index in [9.17, 15) is 9.18 Å². The van der Waals surface area contributed by atoms with Gasteiger partial charge in [-0.2, -0.15) is 0 Å². The smallest absolute Gasteiger partial charge is 0.228 e. The second-order valence-corrected chi connectivity index (χ2v) is 8.71. The number of aromatic nitrogens is 2. The quantitative estimate of drug-likeness (QED) is 0.787. The van der Waals surface area contributed by atoms with Crippen LogP contribution < -0.4 is 4.90 Å². The summed E-state index contributed by atoms with van der Waals surface area (Å²) in [5, 5.41) is 0. The zero-order chi connectivity index (χ0) is 21.2. The van der Waals surface area contributed by atoms with Gasteiger partial charge in [0.15, 0.2) is 0 Å². The highest BCUT2D eigenvalue weighted by Gasteiger charge is 2.31. The number of hydrogen-bond donors (Lipinski definition) is 0. The number of carbonyl (C=O) groups is 1. The normalized spacial score (nSPS) is 15.0. The lowest BCUT2D eigenvalue weighted by Gasteiger charge is -2.39. The predicted molar refractivity (Wildman–Crippen MR) is 114 cm³/mol. The van der Waals surface area contributed by atoms with Crippen LogP contribution in [0.3, 0.4) is 0 Å². The van der Waals surface area contributed by atoms with Gasteiger partial charge < -0.3 is 9.80 Å². The molecule has 5 nitrogen and oxygen atoms in total. The summed E-state index contributed by atoms with van der Waals surface area (Å²) in [5.41, 5.74) is 2.60. The van der Waals surface area contributed by atoms with Gasteiger partial charge >= 0.3 is 0 Å². The summed E-state index contributed by atoms with van der Waals surface area (Å²) in [7, 11) is 0. The lowest BCUT2D eigenvalue weighted by molar-refractivity contribution is -0.139.